The summed E-state index contributed by atoms with van der Waals surface area (Å²) in [6.45, 7) is 3.76. The molecule has 0 amide bonds. The number of hydrogen-bond donors (Lipinski definition) is 2. The van der Waals surface area contributed by atoms with Crippen molar-refractivity contribution in [2.45, 2.75) is 32.1 Å². The second-order valence-electron chi connectivity index (χ2n) is 5.11. The summed E-state index contributed by atoms with van der Waals surface area (Å²) in [5, 5.41) is 9.70. The SMILES string of the molecule is Cc1cc([C@@H](C)N)ccc1OC1CS(=O)(=O)CC1O. The highest BCUT2D eigenvalue weighted by molar-refractivity contribution is 7.91. The Morgan fingerprint density at radius 2 is 2.11 bits per heavy atom. The van der Waals surface area contributed by atoms with Crippen LogP contribution in [0.15, 0.2) is 18.2 Å². The Morgan fingerprint density at radius 3 is 2.58 bits per heavy atom. The van der Waals surface area contributed by atoms with Gasteiger partial charge in [0.15, 0.2) is 9.84 Å². The number of aliphatic hydroxyl groups excluding tert-OH is 1. The van der Waals surface area contributed by atoms with Gasteiger partial charge >= 0.3 is 0 Å². The summed E-state index contributed by atoms with van der Waals surface area (Å²) in [5.41, 5.74) is 7.66. The highest BCUT2D eigenvalue weighted by atomic mass is 32.2. The first kappa shape index (κ1) is 14.3. The standard InChI is InChI=1S/C13H19NO4S/c1-8-5-10(9(2)14)3-4-12(8)18-13-7-19(16,17)6-11(13)15/h3-5,9,11,13,15H,6-7,14H2,1-2H3/t9-,11?,13?/m1/s1. The van der Waals surface area contributed by atoms with Crippen molar-refractivity contribution >= 4 is 9.84 Å². The molecule has 1 fully saturated rings. The van der Waals surface area contributed by atoms with E-state index < -0.39 is 22.0 Å². The van der Waals surface area contributed by atoms with Gasteiger partial charge in [0.25, 0.3) is 0 Å². The van der Waals surface area contributed by atoms with Crippen molar-refractivity contribution < 1.29 is 18.3 Å². The molecule has 2 unspecified atom stereocenters. The number of sulfone groups is 1. The van der Waals surface area contributed by atoms with Crippen LogP contribution < -0.4 is 10.5 Å². The second-order valence-corrected chi connectivity index (χ2v) is 7.27. The molecule has 1 heterocycles. The molecule has 0 radical (unpaired) electrons. The maximum Gasteiger partial charge on any atom is 0.156 e. The largest absolute Gasteiger partial charge is 0.486 e. The molecule has 0 aliphatic carbocycles. The lowest BCUT2D eigenvalue weighted by molar-refractivity contribution is 0.0733. The number of rotatable bonds is 3. The Hall–Kier alpha value is -1.11. The van der Waals surface area contributed by atoms with E-state index >= 15 is 0 Å². The molecule has 2 rings (SSSR count). The van der Waals surface area contributed by atoms with Crippen molar-refractivity contribution in [1.29, 1.82) is 0 Å². The van der Waals surface area contributed by atoms with Crippen LogP contribution in [-0.4, -0.2) is 37.2 Å². The van der Waals surface area contributed by atoms with Gasteiger partial charge in [-0.1, -0.05) is 12.1 Å². The smallest absolute Gasteiger partial charge is 0.156 e. The molecule has 3 atom stereocenters. The molecule has 6 heteroatoms. The van der Waals surface area contributed by atoms with E-state index in [4.69, 9.17) is 10.5 Å². The minimum absolute atomic E-state index is 0.0646. The van der Waals surface area contributed by atoms with Crippen molar-refractivity contribution in [2.75, 3.05) is 11.5 Å². The van der Waals surface area contributed by atoms with E-state index in [0.29, 0.717) is 5.75 Å². The van der Waals surface area contributed by atoms with Gasteiger partial charge in [-0.2, -0.15) is 0 Å². The van der Waals surface area contributed by atoms with Gasteiger partial charge < -0.3 is 15.6 Å². The van der Waals surface area contributed by atoms with Crippen molar-refractivity contribution in [2.24, 2.45) is 5.73 Å². The summed E-state index contributed by atoms with van der Waals surface area (Å²) < 4.78 is 28.4. The topological polar surface area (TPSA) is 89.6 Å². The number of hydrogen-bond acceptors (Lipinski definition) is 5. The quantitative estimate of drug-likeness (QED) is 0.846. The third kappa shape index (κ3) is 3.26. The number of aryl methyl sites for hydroxylation is 1. The molecule has 1 saturated heterocycles. The Labute approximate surface area is 113 Å². The molecular formula is C13H19NO4S. The highest BCUT2D eigenvalue weighted by Crippen LogP contribution is 2.25. The van der Waals surface area contributed by atoms with Crippen molar-refractivity contribution in [3.8, 4) is 5.75 Å². The monoisotopic (exact) mass is 285 g/mol. The van der Waals surface area contributed by atoms with Crippen LogP contribution in [0.5, 0.6) is 5.75 Å². The van der Waals surface area contributed by atoms with E-state index in [9.17, 15) is 13.5 Å². The zero-order valence-electron chi connectivity index (χ0n) is 11.0. The molecule has 1 aliphatic heterocycles. The summed E-state index contributed by atoms with van der Waals surface area (Å²) in [6.07, 6.45) is -1.65. The van der Waals surface area contributed by atoms with E-state index in [0.717, 1.165) is 11.1 Å². The molecule has 1 aromatic rings. The number of nitrogens with two attached hydrogens (primary N) is 1. The van der Waals surface area contributed by atoms with Gasteiger partial charge in [-0.3, -0.25) is 0 Å². The van der Waals surface area contributed by atoms with E-state index in [2.05, 4.69) is 0 Å². The predicted molar refractivity (Wildman–Crippen MR) is 72.9 cm³/mol. The molecule has 1 aromatic carbocycles. The van der Waals surface area contributed by atoms with Crippen LogP contribution in [0.3, 0.4) is 0 Å². The number of ether oxygens (including phenoxy) is 1. The van der Waals surface area contributed by atoms with E-state index in [1.54, 1.807) is 6.07 Å². The lowest BCUT2D eigenvalue weighted by Gasteiger charge is -2.18. The molecule has 0 saturated carbocycles. The first-order valence-corrected chi connectivity index (χ1v) is 8.02. The molecule has 0 spiro atoms. The van der Waals surface area contributed by atoms with E-state index in [-0.39, 0.29) is 17.5 Å². The first-order valence-electron chi connectivity index (χ1n) is 6.20. The average molecular weight is 285 g/mol. The van der Waals surface area contributed by atoms with Crippen molar-refractivity contribution in [3.63, 3.8) is 0 Å². The summed E-state index contributed by atoms with van der Waals surface area (Å²) in [7, 11) is -3.19. The summed E-state index contributed by atoms with van der Waals surface area (Å²) in [6, 6.07) is 5.47. The Morgan fingerprint density at radius 1 is 1.42 bits per heavy atom. The van der Waals surface area contributed by atoms with E-state index in [1.807, 2.05) is 26.0 Å². The lowest BCUT2D eigenvalue weighted by Crippen LogP contribution is -2.30. The molecular weight excluding hydrogens is 266 g/mol. The van der Waals surface area contributed by atoms with Crippen LogP contribution >= 0.6 is 0 Å². The van der Waals surface area contributed by atoms with Gasteiger partial charge in [0.05, 0.1) is 11.5 Å². The van der Waals surface area contributed by atoms with Gasteiger partial charge in [-0.15, -0.1) is 0 Å². The molecule has 5 nitrogen and oxygen atoms in total. The van der Waals surface area contributed by atoms with Crippen LogP contribution in [-0.2, 0) is 9.84 Å². The molecule has 1 aliphatic rings. The summed E-state index contributed by atoms with van der Waals surface area (Å²) in [5.74, 6) is 0.225. The van der Waals surface area contributed by atoms with Crippen LogP contribution in [0.2, 0.25) is 0 Å². The Kier molecular flexibility index (Phi) is 3.85. The van der Waals surface area contributed by atoms with Crippen LogP contribution in [0.1, 0.15) is 24.1 Å². The minimum atomic E-state index is -3.19. The molecule has 0 aromatic heterocycles. The molecule has 0 bridgehead atoms. The number of aliphatic hydroxyl groups is 1. The fourth-order valence-corrected chi connectivity index (χ4v) is 3.82. The molecule has 106 valence electrons. The van der Waals surface area contributed by atoms with Crippen LogP contribution in [0, 0.1) is 6.92 Å². The first-order chi connectivity index (χ1) is 8.78. The fourth-order valence-electron chi connectivity index (χ4n) is 2.16. The normalized spacial score (nSPS) is 27.2. The molecule has 19 heavy (non-hydrogen) atoms. The van der Waals surface area contributed by atoms with Gasteiger partial charge in [-0.05, 0) is 31.0 Å². The van der Waals surface area contributed by atoms with Gasteiger partial charge in [0, 0.05) is 6.04 Å². The maximum atomic E-state index is 11.4. The number of benzene rings is 1. The highest BCUT2D eigenvalue weighted by Gasteiger charge is 2.38. The van der Waals surface area contributed by atoms with Gasteiger partial charge in [0.1, 0.15) is 18.0 Å². The fraction of sp³-hybridized carbons (Fsp3) is 0.538. The summed E-state index contributed by atoms with van der Waals surface area (Å²) in [4.78, 5) is 0. The third-order valence-corrected chi connectivity index (χ3v) is 4.96. The minimum Gasteiger partial charge on any atom is -0.486 e. The van der Waals surface area contributed by atoms with Crippen LogP contribution in [0.25, 0.3) is 0 Å². The van der Waals surface area contributed by atoms with Crippen molar-refractivity contribution in [3.05, 3.63) is 29.3 Å². The summed E-state index contributed by atoms with van der Waals surface area (Å²) >= 11 is 0. The third-order valence-electron chi connectivity index (χ3n) is 3.28. The van der Waals surface area contributed by atoms with Gasteiger partial charge in [0.2, 0.25) is 0 Å². The Bertz CT molecular complexity index is 568. The van der Waals surface area contributed by atoms with Gasteiger partial charge in [-0.25, -0.2) is 8.42 Å². The Balaban J connectivity index is 2.16. The molecule has 3 N–H and O–H groups in total. The van der Waals surface area contributed by atoms with Crippen molar-refractivity contribution in [1.82, 2.24) is 0 Å². The van der Waals surface area contributed by atoms with E-state index in [1.165, 1.54) is 0 Å². The second kappa shape index (κ2) is 5.11. The lowest BCUT2D eigenvalue weighted by atomic mass is 10.1. The van der Waals surface area contributed by atoms with Crippen LogP contribution in [0.4, 0.5) is 0 Å². The zero-order chi connectivity index (χ0) is 14.2. The zero-order valence-corrected chi connectivity index (χ0v) is 11.9. The predicted octanol–water partition coefficient (Wildman–Crippen LogP) is 0.551. The average Bonchev–Trinajstić information content (AvgIpc) is 2.54. The maximum absolute atomic E-state index is 11.4.